The minimum absolute atomic E-state index is 0.0607. The first kappa shape index (κ1) is 14.1. The van der Waals surface area contributed by atoms with Gasteiger partial charge in [0, 0.05) is 32.0 Å². The highest BCUT2D eigenvalue weighted by Crippen LogP contribution is 2.19. The van der Waals surface area contributed by atoms with E-state index in [9.17, 15) is 9.59 Å². The molecular formula is C15H22N4O2. The van der Waals surface area contributed by atoms with Crippen LogP contribution in [0.25, 0.3) is 0 Å². The zero-order valence-electron chi connectivity index (χ0n) is 12.4. The van der Waals surface area contributed by atoms with Gasteiger partial charge in [-0.1, -0.05) is 12.2 Å². The van der Waals surface area contributed by atoms with Gasteiger partial charge in [0.1, 0.15) is 5.82 Å². The first-order valence-electron chi connectivity index (χ1n) is 7.73. The van der Waals surface area contributed by atoms with Gasteiger partial charge >= 0.3 is 5.69 Å². The van der Waals surface area contributed by atoms with Crippen LogP contribution in [-0.2, 0) is 24.8 Å². The van der Waals surface area contributed by atoms with Crippen molar-refractivity contribution in [3.63, 3.8) is 0 Å². The maximum Gasteiger partial charge on any atom is 0.345 e. The molecule has 2 unspecified atom stereocenters. The van der Waals surface area contributed by atoms with Gasteiger partial charge in [-0.05, 0) is 32.1 Å². The maximum atomic E-state index is 12.3. The van der Waals surface area contributed by atoms with Crippen LogP contribution in [0.2, 0.25) is 0 Å². The van der Waals surface area contributed by atoms with E-state index in [1.165, 1.54) is 4.68 Å². The van der Waals surface area contributed by atoms with Gasteiger partial charge in [-0.25, -0.2) is 9.48 Å². The summed E-state index contributed by atoms with van der Waals surface area (Å²) in [5.74, 6) is 1.11. The lowest BCUT2D eigenvalue weighted by Crippen LogP contribution is -2.39. The molecule has 1 aromatic heterocycles. The molecule has 0 spiro atoms. The molecule has 6 heteroatoms. The summed E-state index contributed by atoms with van der Waals surface area (Å²) in [5.41, 5.74) is -0.0607. The van der Waals surface area contributed by atoms with Gasteiger partial charge in [-0.3, -0.25) is 9.36 Å². The second kappa shape index (κ2) is 5.87. The fourth-order valence-corrected chi connectivity index (χ4v) is 3.19. The molecule has 0 saturated carbocycles. The minimum Gasteiger partial charge on any atom is -0.353 e. The van der Waals surface area contributed by atoms with E-state index in [0.29, 0.717) is 6.54 Å². The Balaban J connectivity index is 1.60. The monoisotopic (exact) mass is 290 g/mol. The average molecular weight is 290 g/mol. The van der Waals surface area contributed by atoms with Gasteiger partial charge < -0.3 is 5.32 Å². The predicted octanol–water partition coefficient (Wildman–Crippen LogP) is 0.759. The summed E-state index contributed by atoms with van der Waals surface area (Å²) in [6, 6.07) is 0.148. The van der Waals surface area contributed by atoms with Gasteiger partial charge in [0.15, 0.2) is 0 Å². The Hall–Kier alpha value is -1.85. The summed E-state index contributed by atoms with van der Waals surface area (Å²) in [4.78, 5) is 24.2. The largest absolute Gasteiger partial charge is 0.353 e. The van der Waals surface area contributed by atoms with E-state index in [1.54, 1.807) is 11.6 Å². The number of carbonyl (C=O) groups excluding carboxylic acids is 1. The molecule has 2 aliphatic rings. The summed E-state index contributed by atoms with van der Waals surface area (Å²) in [5, 5.41) is 7.42. The van der Waals surface area contributed by atoms with Crippen LogP contribution in [0.4, 0.5) is 0 Å². The molecule has 1 amide bonds. The Morgan fingerprint density at radius 2 is 2.19 bits per heavy atom. The molecule has 2 heterocycles. The van der Waals surface area contributed by atoms with E-state index < -0.39 is 0 Å². The Labute approximate surface area is 123 Å². The molecule has 2 atom stereocenters. The molecule has 0 radical (unpaired) electrons. The number of aromatic nitrogens is 3. The number of aryl methyl sites for hydroxylation is 2. The number of rotatable bonds is 2. The zero-order chi connectivity index (χ0) is 14.8. The molecule has 21 heavy (non-hydrogen) atoms. The van der Waals surface area contributed by atoms with Crippen molar-refractivity contribution in [3.05, 3.63) is 28.5 Å². The van der Waals surface area contributed by atoms with Crippen molar-refractivity contribution in [1.82, 2.24) is 19.7 Å². The third-order valence-corrected chi connectivity index (χ3v) is 4.49. The van der Waals surface area contributed by atoms with Crippen molar-refractivity contribution in [2.75, 3.05) is 0 Å². The summed E-state index contributed by atoms with van der Waals surface area (Å²) >= 11 is 0. The molecule has 1 aliphatic carbocycles. The molecule has 0 fully saturated rings. The van der Waals surface area contributed by atoms with Crippen molar-refractivity contribution in [2.24, 2.45) is 13.0 Å². The topological polar surface area (TPSA) is 68.9 Å². The first-order valence-corrected chi connectivity index (χ1v) is 7.73. The zero-order valence-corrected chi connectivity index (χ0v) is 12.4. The molecule has 6 nitrogen and oxygen atoms in total. The number of amides is 1. The van der Waals surface area contributed by atoms with Crippen LogP contribution >= 0.6 is 0 Å². The fraction of sp³-hybridized carbons (Fsp3) is 0.667. The van der Waals surface area contributed by atoms with E-state index in [2.05, 4.69) is 22.6 Å². The molecule has 0 aromatic carbocycles. The van der Waals surface area contributed by atoms with Crippen molar-refractivity contribution in [3.8, 4) is 0 Å². The van der Waals surface area contributed by atoms with Crippen molar-refractivity contribution >= 4 is 5.91 Å². The van der Waals surface area contributed by atoms with E-state index in [4.69, 9.17) is 0 Å². The Morgan fingerprint density at radius 1 is 1.33 bits per heavy atom. The lowest BCUT2D eigenvalue weighted by molar-refractivity contribution is -0.126. The molecular weight excluding hydrogens is 268 g/mol. The average Bonchev–Trinajstić information content (AvgIpc) is 2.66. The van der Waals surface area contributed by atoms with Crippen LogP contribution in [0.5, 0.6) is 0 Å². The number of hydrogen-bond acceptors (Lipinski definition) is 3. The summed E-state index contributed by atoms with van der Waals surface area (Å²) < 4.78 is 3.12. The van der Waals surface area contributed by atoms with Crippen LogP contribution < -0.4 is 11.0 Å². The van der Waals surface area contributed by atoms with Crippen LogP contribution in [-0.4, -0.2) is 26.3 Å². The van der Waals surface area contributed by atoms with Crippen LogP contribution in [0, 0.1) is 5.92 Å². The van der Waals surface area contributed by atoms with Gasteiger partial charge in [0.05, 0.1) is 0 Å². The lowest BCUT2D eigenvalue weighted by Gasteiger charge is -2.22. The highest BCUT2D eigenvalue weighted by Gasteiger charge is 2.24. The van der Waals surface area contributed by atoms with E-state index in [-0.39, 0.29) is 23.6 Å². The number of fused-ring (bicyclic) bond motifs is 1. The second-order valence-electron chi connectivity index (χ2n) is 5.99. The summed E-state index contributed by atoms with van der Waals surface area (Å²) in [6.07, 6.45) is 9.42. The van der Waals surface area contributed by atoms with E-state index in [0.717, 1.165) is 44.3 Å². The third kappa shape index (κ3) is 2.94. The van der Waals surface area contributed by atoms with Crippen molar-refractivity contribution in [1.29, 1.82) is 0 Å². The lowest BCUT2D eigenvalue weighted by atomic mass is 9.93. The number of allylic oxidation sites excluding steroid dienone is 2. The van der Waals surface area contributed by atoms with Crippen LogP contribution in [0.3, 0.4) is 0 Å². The Kier molecular flexibility index (Phi) is 3.94. The quantitative estimate of drug-likeness (QED) is 0.818. The molecule has 1 aromatic rings. The molecule has 3 rings (SSSR count). The highest BCUT2D eigenvalue weighted by atomic mass is 16.2. The van der Waals surface area contributed by atoms with Gasteiger partial charge in [-0.15, -0.1) is 0 Å². The fourth-order valence-electron chi connectivity index (χ4n) is 3.19. The molecule has 0 saturated heterocycles. The van der Waals surface area contributed by atoms with Crippen molar-refractivity contribution in [2.45, 2.75) is 51.1 Å². The van der Waals surface area contributed by atoms with Crippen LogP contribution in [0.15, 0.2) is 16.9 Å². The highest BCUT2D eigenvalue weighted by molar-refractivity contribution is 5.79. The number of nitrogens with zero attached hydrogens (tertiary/aromatic N) is 3. The second-order valence-corrected chi connectivity index (χ2v) is 5.99. The predicted molar refractivity (Wildman–Crippen MR) is 78.8 cm³/mol. The normalized spacial score (nSPS) is 25.2. The molecule has 0 bridgehead atoms. The number of nitrogens with one attached hydrogen (secondary N) is 1. The molecule has 1 aliphatic heterocycles. The van der Waals surface area contributed by atoms with Crippen molar-refractivity contribution < 1.29 is 4.79 Å². The maximum absolute atomic E-state index is 12.3. The van der Waals surface area contributed by atoms with E-state index >= 15 is 0 Å². The number of carbonyl (C=O) groups is 1. The van der Waals surface area contributed by atoms with Gasteiger partial charge in [-0.2, -0.15) is 5.10 Å². The first-order chi connectivity index (χ1) is 10.1. The number of hydrogen-bond donors (Lipinski definition) is 1. The Morgan fingerprint density at radius 3 is 2.95 bits per heavy atom. The Bertz CT molecular complexity index is 614. The minimum atomic E-state index is -0.0607. The summed E-state index contributed by atoms with van der Waals surface area (Å²) in [6.45, 7) is 0.636. The standard InChI is InChI=1S/C15H22N4O2/c1-18-15(21)19-10-9-12(7-8-13(19)17-18)16-14(20)11-5-3-2-4-6-11/h2-3,11-12H,4-10H2,1H3,(H,16,20). The van der Waals surface area contributed by atoms with Crippen LogP contribution in [0.1, 0.15) is 37.9 Å². The summed E-state index contributed by atoms with van der Waals surface area (Å²) in [7, 11) is 1.68. The van der Waals surface area contributed by atoms with E-state index in [1.807, 2.05) is 0 Å². The van der Waals surface area contributed by atoms with Gasteiger partial charge in [0.25, 0.3) is 0 Å². The SMILES string of the molecule is Cn1nc2n(c1=O)CCC(NC(=O)C1CC=CCC1)CC2. The van der Waals surface area contributed by atoms with Gasteiger partial charge in [0.2, 0.25) is 5.91 Å². The smallest absolute Gasteiger partial charge is 0.345 e. The molecule has 114 valence electrons. The third-order valence-electron chi connectivity index (χ3n) is 4.49. The molecule has 1 N–H and O–H groups in total.